The molecule has 0 N–H and O–H groups in total. The molecule has 3 rings (SSSR count). The van der Waals surface area contributed by atoms with E-state index in [2.05, 4.69) is 5.18 Å². The van der Waals surface area contributed by atoms with Crippen molar-refractivity contribution in [1.82, 2.24) is 0 Å². The molecule has 0 fully saturated rings. The molecule has 7 nitrogen and oxygen atoms in total. The molecule has 0 saturated heterocycles. The van der Waals surface area contributed by atoms with E-state index in [4.69, 9.17) is 23.1 Å². The molecule has 1 aromatic heterocycles. The van der Waals surface area contributed by atoms with Gasteiger partial charge in [0.1, 0.15) is 0 Å². The Morgan fingerprint density at radius 1 is 0.769 bits per heavy atom. The summed E-state index contributed by atoms with van der Waals surface area (Å²) in [6.07, 6.45) is 0. The fraction of sp³-hybridized carbons (Fsp3) is 0.0556. The van der Waals surface area contributed by atoms with Gasteiger partial charge in [-0.1, -0.05) is 53.7 Å². The van der Waals surface area contributed by atoms with Crippen molar-refractivity contribution < 1.29 is 33.3 Å². The first-order valence-corrected chi connectivity index (χ1v) is 8.59. The van der Waals surface area contributed by atoms with Crippen LogP contribution in [0.5, 0.6) is 0 Å². The number of benzene rings is 2. The zero-order valence-electron chi connectivity index (χ0n) is 13.4. The summed E-state index contributed by atoms with van der Waals surface area (Å²) in [5.74, 6) is 1.29. The van der Waals surface area contributed by atoms with E-state index in [0.717, 1.165) is 22.5 Å². The molecule has 0 saturated carbocycles. The summed E-state index contributed by atoms with van der Waals surface area (Å²) in [4.78, 5) is 10.6. The molecule has 2 aromatic carbocycles. The Kier molecular flexibility index (Phi) is 6.90. The summed E-state index contributed by atoms with van der Waals surface area (Å²) in [6.45, 7) is 0.0283. The quantitative estimate of drug-likeness (QED) is 0.479. The fourth-order valence-electron chi connectivity index (χ4n) is 2.24. The summed E-state index contributed by atoms with van der Waals surface area (Å²) >= 11 is 0. The summed E-state index contributed by atoms with van der Waals surface area (Å²) in [7, 11) is -4.94. The van der Waals surface area contributed by atoms with Crippen LogP contribution in [0, 0.1) is 15.2 Å². The summed E-state index contributed by atoms with van der Waals surface area (Å²) in [5.41, 5.74) is 3.07. The van der Waals surface area contributed by atoms with Gasteiger partial charge in [0, 0.05) is 11.6 Å². The highest BCUT2D eigenvalue weighted by Crippen LogP contribution is 2.28. The SMILES string of the molecule is O=NCc1cc(-c2ccccc2)cc(-c2ccccc2)[o+]1.[O-][Cl+3]([O-])([O-])[O-]. The molecule has 26 heavy (non-hydrogen) atoms. The number of hydrogen-bond acceptors (Lipinski definition) is 6. The Balaban J connectivity index is 0.000000431. The molecular formula is C18H14ClNO6. The van der Waals surface area contributed by atoms with Gasteiger partial charge >= 0.3 is 11.5 Å². The molecule has 1 heterocycles. The van der Waals surface area contributed by atoms with Crippen molar-refractivity contribution in [2.24, 2.45) is 5.18 Å². The topological polar surface area (TPSA) is 133 Å². The third kappa shape index (κ3) is 6.67. The molecule has 0 amide bonds. The predicted octanol–water partition coefficient (Wildman–Crippen LogP) is 0.405. The van der Waals surface area contributed by atoms with Crippen LogP contribution in [0.2, 0.25) is 0 Å². The first-order valence-electron chi connectivity index (χ1n) is 7.35. The third-order valence-corrected chi connectivity index (χ3v) is 3.23. The number of nitroso groups, excluding NO2 is 1. The van der Waals surface area contributed by atoms with E-state index in [1.54, 1.807) is 0 Å². The lowest BCUT2D eigenvalue weighted by Gasteiger charge is -2.17. The van der Waals surface area contributed by atoms with Gasteiger partial charge in [-0.05, 0) is 17.7 Å². The number of halogens is 1. The van der Waals surface area contributed by atoms with Crippen LogP contribution >= 0.6 is 0 Å². The van der Waals surface area contributed by atoms with Crippen molar-refractivity contribution in [2.75, 3.05) is 0 Å². The second-order valence-electron chi connectivity index (χ2n) is 5.07. The lowest BCUT2D eigenvalue weighted by Crippen LogP contribution is -2.68. The van der Waals surface area contributed by atoms with E-state index in [0.29, 0.717) is 5.76 Å². The van der Waals surface area contributed by atoms with E-state index >= 15 is 0 Å². The van der Waals surface area contributed by atoms with Crippen molar-refractivity contribution in [3.63, 3.8) is 0 Å². The van der Waals surface area contributed by atoms with Crippen LogP contribution < -0.4 is 18.6 Å². The maximum Gasteiger partial charge on any atom is 0.360 e. The zero-order valence-corrected chi connectivity index (χ0v) is 14.2. The summed E-state index contributed by atoms with van der Waals surface area (Å²) < 4.78 is 39.7. The van der Waals surface area contributed by atoms with Crippen molar-refractivity contribution in [3.8, 4) is 22.5 Å². The standard InChI is InChI=1S/C18H14NO2.ClHO4/c20-19-13-17-11-16(14-7-3-1-4-8-14)12-18(21-17)15-9-5-2-6-10-15;2-1(3,4)5/h1-12H,13H2;(H,2,3,4,5)/q+1;/p-1. The molecule has 3 aromatic rings. The Morgan fingerprint density at radius 3 is 1.77 bits per heavy atom. The third-order valence-electron chi connectivity index (χ3n) is 3.23. The molecule has 0 spiro atoms. The average molecular weight is 376 g/mol. The fourth-order valence-corrected chi connectivity index (χ4v) is 2.24. The number of nitrogens with zero attached hydrogens (tertiary/aromatic N) is 1. The van der Waals surface area contributed by atoms with E-state index in [1.165, 1.54) is 0 Å². The largest absolute Gasteiger partial charge is 0.360 e. The van der Waals surface area contributed by atoms with E-state index < -0.39 is 10.2 Å². The number of hydrogen-bond donors (Lipinski definition) is 0. The van der Waals surface area contributed by atoms with E-state index in [9.17, 15) is 4.91 Å². The predicted molar refractivity (Wildman–Crippen MR) is 83.5 cm³/mol. The van der Waals surface area contributed by atoms with Crippen LogP contribution in [-0.4, -0.2) is 0 Å². The molecule has 0 bridgehead atoms. The Morgan fingerprint density at radius 2 is 1.27 bits per heavy atom. The minimum absolute atomic E-state index is 0.0283. The highest BCUT2D eigenvalue weighted by atomic mass is 35.7. The highest BCUT2D eigenvalue weighted by Gasteiger charge is 2.18. The maximum atomic E-state index is 10.6. The Hall–Kier alpha value is -2.68. The lowest BCUT2D eigenvalue weighted by molar-refractivity contribution is -2.00. The zero-order chi connectivity index (χ0) is 19.0. The first-order chi connectivity index (χ1) is 12.4. The minimum Gasteiger partial charge on any atom is -0.222 e. The molecule has 0 aliphatic heterocycles. The molecule has 0 aliphatic carbocycles. The average Bonchev–Trinajstić information content (AvgIpc) is 2.62. The Bertz CT molecular complexity index is 774. The van der Waals surface area contributed by atoms with Gasteiger partial charge in [0.25, 0.3) is 0 Å². The van der Waals surface area contributed by atoms with Gasteiger partial charge in [-0.2, -0.15) is 4.91 Å². The van der Waals surface area contributed by atoms with Crippen LogP contribution in [-0.2, 0) is 6.54 Å². The molecule has 134 valence electrons. The Labute approximate surface area is 151 Å². The van der Waals surface area contributed by atoms with Crippen LogP contribution in [0.1, 0.15) is 5.76 Å². The smallest absolute Gasteiger partial charge is 0.222 e. The molecular weight excluding hydrogens is 362 g/mol. The van der Waals surface area contributed by atoms with Gasteiger partial charge in [0.2, 0.25) is 0 Å². The first kappa shape index (κ1) is 19.6. The van der Waals surface area contributed by atoms with Gasteiger partial charge < -0.3 is 0 Å². The van der Waals surface area contributed by atoms with Crippen LogP contribution in [0.25, 0.3) is 22.5 Å². The normalized spacial score (nSPS) is 10.6. The second kappa shape index (κ2) is 9.14. The number of rotatable bonds is 4. The highest BCUT2D eigenvalue weighted by molar-refractivity contribution is 5.69. The van der Waals surface area contributed by atoms with Gasteiger partial charge in [-0.15, -0.1) is 10.2 Å². The van der Waals surface area contributed by atoms with E-state index in [-0.39, 0.29) is 6.54 Å². The molecule has 8 heteroatoms. The van der Waals surface area contributed by atoms with Gasteiger partial charge in [0.15, 0.2) is 6.54 Å². The monoisotopic (exact) mass is 375 g/mol. The molecule has 0 aliphatic rings. The van der Waals surface area contributed by atoms with Crippen molar-refractivity contribution >= 4 is 0 Å². The van der Waals surface area contributed by atoms with Crippen molar-refractivity contribution in [3.05, 3.63) is 83.5 Å². The maximum absolute atomic E-state index is 10.6. The minimum atomic E-state index is -4.94. The van der Waals surface area contributed by atoms with Crippen LogP contribution in [0.4, 0.5) is 0 Å². The van der Waals surface area contributed by atoms with Crippen LogP contribution in [0.15, 0.2) is 82.4 Å². The van der Waals surface area contributed by atoms with Gasteiger partial charge in [-0.3, -0.25) is 0 Å². The summed E-state index contributed by atoms with van der Waals surface area (Å²) in [5, 5.41) is 2.93. The lowest BCUT2D eigenvalue weighted by atomic mass is 10.0. The molecule has 0 radical (unpaired) electrons. The molecule has 0 unspecified atom stereocenters. The van der Waals surface area contributed by atoms with E-state index in [1.807, 2.05) is 72.8 Å². The van der Waals surface area contributed by atoms with Crippen LogP contribution in [0.3, 0.4) is 0 Å². The second-order valence-corrected chi connectivity index (χ2v) is 5.83. The van der Waals surface area contributed by atoms with Gasteiger partial charge in [0.05, 0.1) is 11.6 Å². The molecule has 0 atom stereocenters. The van der Waals surface area contributed by atoms with Crippen molar-refractivity contribution in [2.45, 2.75) is 6.54 Å². The van der Waals surface area contributed by atoms with Crippen molar-refractivity contribution in [1.29, 1.82) is 0 Å². The summed E-state index contributed by atoms with van der Waals surface area (Å²) in [6, 6.07) is 23.7. The van der Waals surface area contributed by atoms with Gasteiger partial charge in [-0.25, -0.2) is 23.1 Å².